The molecule has 1 amide bonds. The molecule has 0 aromatic carbocycles. The fourth-order valence-electron chi connectivity index (χ4n) is 3.43. The Kier molecular flexibility index (Phi) is 5.20. The molecule has 25 heavy (non-hydrogen) atoms. The minimum atomic E-state index is -3.24. The Labute approximate surface area is 149 Å². The van der Waals surface area contributed by atoms with Crippen molar-refractivity contribution in [2.45, 2.75) is 64.5 Å². The van der Waals surface area contributed by atoms with Crippen LogP contribution in [0.15, 0.2) is 10.6 Å². The summed E-state index contributed by atoms with van der Waals surface area (Å²) in [4.78, 5) is 12.3. The molecule has 1 saturated heterocycles. The number of amides is 1. The highest BCUT2D eigenvalue weighted by molar-refractivity contribution is 7.89. The first kappa shape index (κ1) is 18.4. The van der Waals surface area contributed by atoms with Gasteiger partial charge >= 0.3 is 0 Å². The van der Waals surface area contributed by atoms with Crippen LogP contribution in [0, 0.1) is 5.92 Å². The van der Waals surface area contributed by atoms with Crippen molar-refractivity contribution in [1.29, 1.82) is 0 Å². The number of sulfonamides is 1. The van der Waals surface area contributed by atoms with Crippen LogP contribution in [0.1, 0.15) is 68.6 Å². The van der Waals surface area contributed by atoms with Crippen LogP contribution < -0.4 is 5.32 Å². The summed E-state index contributed by atoms with van der Waals surface area (Å²) in [6.07, 6.45) is 3.41. The molecule has 8 heteroatoms. The van der Waals surface area contributed by atoms with Crippen LogP contribution in [0.4, 0.5) is 0 Å². The zero-order chi connectivity index (χ0) is 18.2. The normalized spacial score (nSPS) is 25.3. The summed E-state index contributed by atoms with van der Waals surface area (Å²) in [5, 5.41) is 6.82. The quantitative estimate of drug-likeness (QED) is 0.829. The van der Waals surface area contributed by atoms with Crippen molar-refractivity contribution in [2.75, 3.05) is 12.3 Å². The lowest BCUT2D eigenvalue weighted by atomic mass is 10.0. The zero-order valence-electron chi connectivity index (χ0n) is 15.1. The van der Waals surface area contributed by atoms with Crippen LogP contribution in [0.2, 0.25) is 0 Å². The first-order valence-corrected chi connectivity index (χ1v) is 10.6. The number of rotatable bonds is 6. The monoisotopic (exact) mass is 369 g/mol. The van der Waals surface area contributed by atoms with Crippen LogP contribution in [0.5, 0.6) is 0 Å². The van der Waals surface area contributed by atoms with Crippen molar-refractivity contribution in [3.63, 3.8) is 0 Å². The van der Waals surface area contributed by atoms with E-state index in [-0.39, 0.29) is 29.7 Å². The topological polar surface area (TPSA) is 92.5 Å². The van der Waals surface area contributed by atoms with E-state index in [1.54, 1.807) is 10.4 Å². The fraction of sp³-hybridized carbons (Fsp3) is 0.765. The van der Waals surface area contributed by atoms with Gasteiger partial charge in [0.25, 0.3) is 5.91 Å². The molecule has 0 radical (unpaired) electrons. The Hall–Kier alpha value is -1.41. The molecule has 7 nitrogen and oxygen atoms in total. The Morgan fingerprint density at radius 2 is 2.12 bits per heavy atom. The number of hydrogen-bond donors (Lipinski definition) is 1. The number of hydrogen-bond acceptors (Lipinski definition) is 5. The summed E-state index contributed by atoms with van der Waals surface area (Å²) in [5.74, 6) is 1.22. The lowest BCUT2D eigenvalue weighted by Gasteiger charge is -2.37. The predicted octanol–water partition coefficient (Wildman–Crippen LogP) is 2.12. The summed E-state index contributed by atoms with van der Waals surface area (Å²) in [5.41, 5.74) is 0.310. The molecule has 1 N–H and O–H groups in total. The molecule has 1 aliphatic heterocycles. The van der Waals surface area contributed by atoms with Gasteiger partial charge in [-0.25, -0.2) is 8.42 Å². The Morgan fingerprint density at radius 3 is 2.72 bits per heavy atom. The molecule has 0 spiro atoms. The highest BCUT2D eigenvalue weighted by Crippen LogP contribution is 2.40. The predicted molar refractivity (Wildman–Crippen MR) is 93.8 cm³/mol. The number of nitrogens with one attached hydrogen (secondary N) is 1. The molecular weight excluding hydrogens is 342 g/mol. The lowest BCUT2D eigenvalue weighted by molar-refractivity contribution is 0.0905. The fourth-order valence-corrected chi connectivity index (χ4v) is 5.48. The standard InChI is InChI=1S/C17H27N3O4S/c1-11(2)10-25(22,23)20-7-6-14(8-12(20)3)18-17(21)15-9-16(24-19-15)13-4-5-13/h9,11-14H,4-8,10H2,1-3H3,(H,18,21)/t12-,14+/m1/s1. The zero-order valence-corrected chi connectivity index (χ0v) is 15.9. The van der Waals surface area contributed by atoms with Gasteiger partial charge in [-0.3, -0.25) is 4.79 Å². The van der Waals surface area contributed by atoms with Crippen molar-refractivity contribution < 1.29 is 17.7 Å². The van der Waals surface area contributed by atoms with Gasteiger partial charge in [0.05, 0.1) is 5.75 Å². The maximum atomic E-state index is 12.4. The number of piperidine rings is 1. The maximum absolute atomic E-state index is 12.4. The minimum absolute atomic E-state index is 0.0472. The first-order valence-electron chi connectivity index (χ1n) is 9.03. The molecule has 2 heterocycles. The molecule has 1 aliphatic carbocycles. The van der Waals surface area contributed by atoms with Crippen LogP contribution in [-0.4, -0.2) is 48.2 Å². The SMILES string of the molecule is CC(C)CS(=O)(=O)N1CC[C@H](NC(=O)c2cc(C3CC3)on2)C[C@H]1C. The average molecular weight is 369 g/mol. The van der Waals surface area contributed by atoms with E-state index < -0.39 is 10.0 Å². The van der Waals surface area contributed by atoms with Gasteiger partial charge in [0.1, 0.15) is 5.76 Å². The van der Waals surface area contributed by atoms with Crippen molar-refractivity contribution >= 4 is 15.9 Å². The number of carbonyl (C=O) groups is 1. The molecule has 1 saturated carbocycles. The van der Waals surface area contributed by atoms with Crippen LogP contribution in [0.25, 0.3) is 0 Å². The van der Waals surface area contributed by atoms with E-state index in [1.165, 1.54) is 0 Å². The molecule has 1 aromatic heterocycles. The third-order valence-corrected chi connectivity index (χ3v) is 7.14. The van der Waals surface area contributed by atoms with E-state index in [1.807, 2.05) is 20.8 Å². The summed E-state index contributed by atoms with van der Waals surface area (Å²) >= 11 is 0. The first-order chi connectivity index (χ1) is 11.8. The van der Waals surface area contributed by atoms with Crippen LogP contribution in [-0.2, 0) is 10.0 Å². The van der Waals surface area contributed by atoms with Crippen LogP contribution in [0.3, 0.4) is 0 Å². The Bertz CT molecular complexity index is 724. The van der Waals surface area contributed by atoms with E-state index in [0.717, 1.165) is 18.6 Å². The molecule has 3 rings (SSSR count). The maximum Gasteiger partial charge on any atom is 0.273 e. The minimum Gasteiger partial charge on any atom is -0.360 e. The van der Waals surface area contributed by atoms with Gasteiger partial charge in [0.2, 0.25) is 10.0 Å². The van der Waals surface area contributed by atoms with Gasteiger partial charge in [-0.15, -0.1) is 0 Å². The van der Waals surface area contributed by atoms with Gasteiger partial charge in [-0.05, 0) is 38.5 Å². The molecule has 0 unspecified atom stereocenters. The second-order valence-corrected chi connectivity index (χ2v) is 9.68. The van der Waals surface area contributed by atoms with Gasteiger partial charge < -0.3 is 9.84 Å². The Balaban J connectivity index is 1.56. The number of nitrogens with zero attached hydrogens (tertiary/aromatic N) is 2. The lowest BCUT2D eigenvalue weighted by Crippen LogP contribution is -2.51. The third-order valence-electron chi connectivity index (χ3n) is 4.79. The average Bonchev–Trinajstić information content (AvgIpc) is 3.22. The van der Waals surface area contributed by atoms with Gasteiger partial charge in [-0.1, -0.05) is 19.0 Å². The summed E-state index contributed by atoms with van der Waals surface area (Å²) < 4.78 is 31.7. The highest BCUT2D eigenvalue weighted by Gasteiger charge is 2.35. The molecule has 0 bridgehead atoms. The second-order valence-electron chi connectivity index (χ2n) is 7.72. The smallest absolute Gasteiger partial charge is 0.273 e. The van der Waals surface area contributed by atoms with Crippen molar-refractivity contribution in [3.05, 3.63) is 17.5 Å². The third kappa shape index (κ3) is 4.41. The highest BCUT2D eigenvalue weighted by atomic mass is 32.2. The number of carbonyl (C=O) groups excluding carboxylic acids is 1. The second kappa shape index (κ2) is 7.07. The number of aromatic nitrogens is 1. The van der Waals surface area contributed by atoms with Crippen molar-refractivity contribution in [2.24, 2.45) is 5.92 Å². The van der Waals surface area contributed by atoms with E-state index in [9.17, 15) is 13.2 Å². The largest absolute Gasteiger partial charge is 0.360 e. The summed E-state index contributed by atoms with van der Waals surface area (Å²) in [6, 6.07) is 1.55. The molecule has 1 aromatic rings. The van der Waals surface area contributed by atoms with Crippen molar-refractivity contribution in [3.8, 4) is 0 Å². The molecule has 140 valence electrons. The van der Waals surface area contributed by atoms with E-state index in [0.29, 0.717) is 31.0 Å². The van der Waals surface area contributed by atoms with E-state index >= 15 is 0 Å². The molecule has 2 aliphatic rings. The van der Waals surface area contributed by atoms with E-state index in [4.69, 9.17) is 4.52 Å². The molecule has 2 atom stereocenters. The van der Waals surface area contributed by atoms with Crippen molar-refractivity contribution in [1.82, 2.24) is 14.8 Å². The van der Waals surface area contributed by atoms with E-state index in [2.05, 4.69) is 10.5 Å². The summed E-state index contributed by atoms with van der Waals surface area (Å²) in [6.45, 7) is 6.15. The summed E-state index contributed by atoms with van der Waals surface area (Å²) in [7, 11) is -3.24. The van der Waals surface area contributed by atoms with Gasteiger partial charge in [0, 0.05) is 30.6 Å². The van der Waals surface area contributed by atoms with Crippen LogP contribution >= 0.6 is 0 Å². The molecule has 2 fully saturated rings. The Morgan fingerprint density at radius 1 is 1.40 bits per heavy atom. The van der Waals surface area contributed by atoms with Gasteiger partial charge in [0.15, 0.2) is 5.69 Å². The molecular formula is C17H27N3O4S. The van der Waals surface area contributed by atoms with Gasteiger partial charge in [-0.2, -0.15) is 4.31 Å².